The van der Waals surface area contributed by atoms with Crippen LogP contribution in [0.5, 0.6) is 5.75 Å². The van der Waals surface area contributed by atoms with Gasteiger partial charge in [0.1, 0.15) is 12.3 Å². The van der Waals surface area contributed by atoms with Gasteiger partial charge in [-0.25, -0.2) is 8.42 Å². The minimum Gasteiger partial charge on any atom is -0.495 e. The SMILES string of the molecule is COc1ccc(C)cc1N(CC(=O)Nc1nnc(SCC(C)C)s1)S(=O)(=O)c1ccccc1. The molecule has 0 radical (unpaired) electrons. The van der Waals surface area contributed by atoms with E-state index in [2.05, 4.69) is 29.4 Å². The fourth-order valence-electron chi connectivity index (χ4n) is 2.86. The van der Waals surface area contributed by atoms with Gasteiger partial charge in [-0.1, -0.05) is 61.2 Å². The summed E-state index contributed by atoms with van der Waals surface area (Å²) in [5, 5.41) is 11.1. The molecule has 33 heavy (non-hydrogen) atoms. The van der Waals surface area contributed by atoms with Crippen molar-refractivity contribution in [3.05, 3.63) is 54.1 Å². The van der Waals surface area contributed by atoms with Gasteiger partial charge in [-0.05, 0) is 42.7 Å². The molecule has 3 rings (SSSR count). The number of aromatic nitrogens is 2. The summed E-state index contributed by atoms with van der Waals surface area (Å²) in [6, 6.07) is 13.2. The molecule has 0 spiro atoms. The molecular formula is C22H26N4O4S3. The molecule has 0 bridgehead atoms. The van der Waals surface area contributed by atoms with Gasteiger partial charge >= 0.3 is 0 Å². The number of carbonyl (C=O) groups is 1. The molecule has 0 aliphatic heterocycles. The Labute approximate surface area is 202 Å². The Morgan fingerprint density at radius 3 is 2.58 bits per heavy atom. The average Bonchev–Trinajstić information content (AvgIpc) is 3.23. The third-order valence-electron chi connectivity index (χ3n) is 4.41. The van der Waals surface area contributed by atoms with Gasteiger partial charge in [-0.3, -0.25) is 14.4 Å². The molecule has 0 saturated carbocycles. The first-order chi connectivity index (χ1) is 15.7. The van der Waals surface area contributed by atoms with Crippen LogP contribution < -0.4 is 14.4 Å². The molecule has 0 unspecified atom stereocenters. The van der Waals surface area contributed by atoms with Crippen LogP contribution in [0.3, 0.4) is 0 Å². The molecule has 8 nitrogen and oxygen atoms in total. The number of thioether (sulfide) groups is 1. The van der Waals surface area contributed by atoms with Gasteiger partial charge in [0.15, 0.2) is 4.34 Å². The van der Waals surface area contributed by atoms with Crippen molar-refractivity contribution < 1.29 is 17.9 Å². The highest BCUT2D eigenvalue weighted by Crippen LogP contribution is 2.33. The Morgan fingerprint density at radius 1 is 1.18 bits per heavy atom. The third-order valence-corrected chi connectivity index (χ3v) is 8.59. The molecule has 1 heterocycles. The first-order valence-electron chi connectivity index (χ1n) is 10.2. The van der Waals surface area contributed by atoms with Crippen molar-refractivity contribution >= 4 is 49.8 Å². The molecule has 0 aliphatic carbocycles. The summed E-state index contributed by atoms with van der Waals surface area (Å²) in [7, 11) is -2.59. The van der Waals surface area contributed by atoms with E-state index in [1.54, 1.807) is 42.1 Å². The summed E-state index contributed by atoms with van der Waals surface area (Å²) >= 11 is 2.82. The van der Waals surface area contributed by atoms with Gasteiger partial charge in [0, 0.05) is 5.75 Å². The number of nitrogens with zero attached hydrogens (tertiary/aromatic N) is 3. The molecule has 0 atom stereocenters. The van der Waals surface area contributed by atoms with Crippen molar-refractivity contribution in [1.82, 2.24) is 10.2 Å². The molecule has 1 aromatic heterocycles. The summed E-state index contributed by atoms with van der Waals surface area (Å²) in [5.41, 5.74) is 1.11. The number of carbonyl (C=O) groups excluding carboxylic acids is 1. The first-order valence-corrected chi connectivity index (χ1v) is 13.4. The van der Waals surface area contributed by atoms with Crippen LogP contribution in [0, 0.1) is 12.8 Å². The fourth-order valence-corrected chi connectivity index (χ4v) is 6.05. The summed E-state index contributed by atoms with van der Waals surface area (Å²) in [6.07, 6.45) is 0. The number of hydrogen-bond acceptors (Lipinski definition) is 8. The minimum absolute atomic E-state index is 0.0737. The number of aryl methyl sites for hydroxylation is 1. The minimum atomic E-state index is -4.05. The maximum atomic E-state index is 13.5. The van der Waals surface area contributed by atoms with Crippen molar-refractivity contribution in [3.63, 3.8) is 0 Å². The highest BCUT2D eigenvalue weighted by Gasteiger charge is 2.29. The van der Waals surface area contributed by atoms with Crippen LogP contribution in [0.4, 0.5) is 10.8 Å². The predicted octanol–water partition coefficient (Wildman–Crippen LogP) is 4.44. The van der Waals surface area contributed by atoms with Crippen LogP contribution in [0.25, 0.3) is 0 Å². The zero-order chi connectivity index (χ0) is 24.0. The van der Waals surface area contributed by atoms with Crippen LogP contribution in [0.1, 0.15) is 19.4 Å². The Balaban J connectivity index is 1.89. The maximum Gasteiger partial charge on any atom is 0.264 e. The second-order valence-electron chi connectivity index (χ2n) is 7.63. The molecule has 1 amide bonds. The number of amides is 1. The number of rotatable bonds is 10. The molecule has 0 fully saturated rings. The Bertz CT molecular complexity index is 1200. The highest BCUT2D eigenvalue weighted by molar-refractivity contribution is 8.01. The Morgan fingerprint density at radius 2 is 1.91 bits per heavy atom. The maximum absolute atomic E-state index is 13.5. The molecule has 11 heteroatoms. The Kier molecular flexibility index (Phi) is 8.33. The molecular weight excluding hydrogens is 480 g/mol. The average molecular weight is 507 g/mol. The molecule has 176 valence electrons. The molecule has 2 aromatic carbocycles. The van der Waals surface area contributed by atoms with Crippen molar-refractivity contribution in [1.29, 1.82) is 0 Å². The van der Waals surface area contributed by atoms with Crippen LogP contribution in [-0.2, 0) is 14.8 Å². The van der Waals surface area contributed by atoms with Crippen molar-refractivity contribution in [2.24, 2.45) is 5.92 Å². The quantitative estimate of drug-likeness (QED) is 0.320. The van der Waals surface area contributed by atoms with Gasteiger partial charge < -0.3 is 4.74 Å². The first kappa shape index (κ1) is 25.0. The van der Waals surface area contributed by atoms with Crippen molar-refractivity contribution in [3.8, 4) is 5.75 Å². The van der Waals surface area contributed by atoms with Crippen LogP contribution in [0.15, 0.2) is 57.8 Å². The topological polar surface area (TPSA) is 101 Å². The fraction of sp³-hybridized carbons (Fsp3) is 0.318. The smallest absolute Gasteiger partial charge is 0.264 e. The summed E-state index contributed by atoms with van der Waals surface area (Å²) in [6.45, 7) is 5.61. The van der Waals surface area contributed by atoms with Crippen LogP contribution in [0.2, 0.25) is 0 Å². The standard InChI is InChI=1S/C22H26N4O4S3/c1-15(2)14-31-22-25-24-21(32-22)23-20(27)13-26(18-12-16(3)10-11-19(18)30-4)33(28,29)17-8-6-5-7-9-17/h5-12,15H,13-14H2,1-4H3,(H,23,24,27). The second kappa shape index (κ2) is 11.0. The summed E-state index contributed by atoms with van der Waals surface area (Å²) < 4.78 is 34.2. The number of ether oxygens (including phenoxy) is 1. The lowest BCUT2D eigenvalue weighted by Gasteiger charge is -2.25. The normalized spacial score (nSPS) is 11.4. The second-order valence-corrected chi connectivity index (χ2v) is 11.7. The van der Waals surface area contributed by atoms with E-state index in [9.17, 15) is 13.2 Å². The lowest BCUT2D eigenvalue weighted by Crippen LogP contribution is -2.38. The van der Waals surface area contributed by atoms with Crippen LogP contribution >= 0.6 is 23.1 Å². The number of anilines is 2. The van der Waals surface area contributed by atoms with Crippen LogP contribution in [-0.4, -0.2) is 43.9 Å². The molecule has 1 N–H and O–H groups in total. The number of nitrogens with one attached hydrogen (secondary N) is 1. The van der Waals surface area contributed by atoms with Gasteiger partial charge in [-0.2, -0.15) is 0 Å². The molecule has 0 saturated heterocycles. The molecule has 3 aromatic rings. The lowest BCUT2D eigenvalue weighted by atomic mass is 10.2. The van der Waals surface area contributed by atoms with Gasteiger partial charge in [0.2, 0.25) is 11.0 Å². The molecule has 0 aliphatic rings. The zero-order valence-electron chi connectivity index (χ0n) is 18.8. The van der Waals surface area contributed by atoms with Gasteiger partial charge in [0.05, 0.1) is 17.7 Å². The van der Waals surface area contributed by atoms with E-state index < -0.39 is 22.5 Å². The van der Waals surface area contributed by atoms with E-state index >= 15 is 0 Å². The zero-order valence-corrected chi connectivity index (χ0v) is 21.3. The lowest BCUT2D eigenvalue weighted by molar-refractivity contribution is -0.114. The Hall–Kier alpha value is -2.63. The predicted molar refractivity (Wildman–Crippen MR) is 133 cm³/mol. The largest absolute Gasteiger partial charge is 0.495 e. The number of sulfonamides is 1. The van der Waals surface area contributed by atoms with E-state index in [4.69, 9.17) is 4.74 Å². The van der Waals surface area contributed by atoms with E-state index in [0.717, 1.165) is 20.0 Å². The number of methoxy groups -OCH3 is 1. The number of hydrogen-bond donors (Lipinski definition) is 1. The van der Waals surface area contributed by atoms with E-state index in [1.807, 2.05) is 13.0 Å². The highest BCUT2D eigenvalue weighted by atomic mass is 32.2. The van der Waals surface area contributed by atoms with Gasteiger partial charge in [0.25, 0.3) is 10.0 Å². The monoisotopic (exact) mass is 506 g/mol. The van der Waals surface area contributed by atoms with E-state index in [0.29, 0.717) is 16.8 Å². The summed E-state index contributed by atoms with van der Waals surface area (Å²) in [4.78, 5) is 13.0. The number of benzene rings is 2. The third kappa shape index (κ3) is 6.46. The van der Waals surface area contributed by atoms with Crippen molar-refractivity contribution in [2.45, 2.75) is 30.0 Å². The van der Waals surface area contributed by atoms with Crippen molar-refractivity contribution in [2.75, 3.05) is 29.0 Å². The van der Waals surface area contributed by atoms with E-state index in [-0.39, 0.29) is 10.6 Å². The summed E-state index contributed by atoms with van der Waals surface area (Å²) in [5.74, 6) is 1.20. The van der Waals surface area contributed by atoms with Gasteiger partial charge in [-0.15, -0.1) is 10.2 Å². The van der Waals surface area contributed by atoms with E-state index in [1.165, 1.54) is 30.6 Å².